The Labute approximate surface area is 113 Å². The lowest BCUT2D eigenvalue weighted by atomic mass is 10.2. The Balaban J connectivity index is 2.21. The Hall–Kier alpha value is -1.49. The van der Waals surface area contributed by atoms with Crippen LogP contribution in [0.3, 0.4) is 0 Å². The van der Waals surface area contributed by atoms with E-state index in [9.17, 15) is 13.2 Å². The van der Waals surface area contributed by atoms with Crippen LogP contribution in [0.15, 0.2) is 47.5 Å². The van der Waals surface area contributed by atoms with Crippen molar-refractivity contribution in [2.75, 3.05) is 0 Å². The Morgan fingerprint density at radius 3 is 2.47 bits per heavy atom. The molecule has 0 spiro atoms. The summed E-state index contributed by atoms with van der Waals surface area (Å²) in [4.78, 5) is 4.11. The van der Waals surface area contributed by atoms with Gasteiger partial charge < -0.3 is 0 Å². The van der Waals surface area contributed by atoms with Crippen LogP contribution in [0, 0.1) is 6.92 Å². The molecule has 19 heavy (non-hydrogen) atoms. The lowest BCUT2D eigenvalue weighted by Crippen LogP contribution is -2.08. The molecule has 0 saturated heterocycles. The number of hydrogen-bond acceptors (Lipinski definition) is 2. The first-order chi connectivity index (χ1) is 8.97. The number of aryl methyl sites for hydroxylation is 1. The quantitative estimate of drug-likeness (QED) is 0.757. The summed E-state index contributed by atoms with van der Waals surface area (Å²) >= 11 is 1.15. The second-order valence-electron chi connectivity index (χ2n) is 4.09. The molecule has 1 heterocycles. The van der Waals surface area contributed by atoms with Crippen molar-refractivity contribution in [2.24, 2.45) is 0 Å². The first kappa shape index (κ1) is 13.9. The van der Waals surface area contributed by atoms with Crippen molar-refractivity contribution in [1.29, 1.82) is 0 Å². The molecule has 0 amide bonds. The lowest BCUT2D eigenvalue weighted by molar-refractivity contribution is -0.139. The first-order valence-corrected chi connectivity index (χ1v) is 6.66. The predicted octanol–water partition coefficient (Wildman–Crippen LogP) is 4.70. The number of benzene rings is 1. The molecule has 2 aromatic rings. The van der Waals surface area contributed by atoms with Gasteiger partial charge in [-0.05, 0) is 18.6 Å². The van der Waals surface area contributed by atoms with E-state index in [2.05, 4.69) is 4.98 Å². The van der Waals surface area contributed by atoms with Crippen LogP contribution in [0.1, 0.15) is 16.8 Å². The second kappa shape index (κ2) is 5.65. The molecule has 0 radical (unpaired) electrons. The van der Waals surface area contributed by atoms with Crippen molar-refractivity contribution in [3.63, 3.8) is 0 Å². The van der Waals surface area contributed by atoms with E-state index < -0.39 is 11.7 Å². The number of nitrogens with zero attached hydrogens (tertiary/aromatic N) is 1. The molecular formula is C14H12F3NS. The molecule has 0 saturated carbocycles. The molecule has 1 aromatic heterocycles. The Bertz CT molecular complexity index is 552. The number of pyridine rings is 1. The number of halogens is 3. The van der Waals surface area contributed by atoms with Gasteiger partial charge >= 0.3 is 6.18 Å². The fourth-order valence-corrected chi connectivity index (χ4v) is 2.59. The van der Waals surface area contributed by atoms with E-state index >= 15 is 0 Å². The van der Waals surface area contributed by atoms with Gasteiger partial charge in [0.15, 0.2) is 0 Å². The SMILES string of the molecule is Cc1cc(C(F)(F)F)c(SCc2ccccc2)cn1. The van der Waals surface area contributed by atoms with Crippen LogP contribution >= 0.6 is 11.8 Å². The summed E-state index contributed by atoms with van der Waals surface area (Å²) in [6, 6.07) is 10.5. The Morgan fingerprint density at radius 2 is 1.84 bits per heavy atom. The molecule has 0 fully saturated rings. The summed E-state index contributed by atoms with van der Waals surface area (Å²) in [5.41, 5.74) is 0.749. The number of rotatable bonds is 3. The van der Waals surface area contributed by atoms with E-state index in [1.807, 2.05) is 30.3 Å². The van der Waals surface area contributed by atoms with E-state index in [1.54, 1.807) is 6.92 Å². The minimum Gasteiger partial charge on any atom is -0.260 e. The van der Waals surface area contributed by atoms with Gasteiger partial charge in [0.25, 0.3) is 0 Å². The fraction of sp³-hybridized carbons (Fsp3) is 0.214. The summed E-state index contributed by atoms with van der Waals surface area (Å²) in [5.74, 6) is 0.495. The van der Waals surface area contributed by atoms with Crippen molar-refractivity contribution in [2.45, 2.75) is 23.7 Å². The third-order valence-electron chi connectivity index (χ3n) is 2.55. The molecule has 0 aliphatic heterocycles. The minimum absolute atomic E-state index is 0.168. The fourth-order valence-electron chi connectivity index (χ4n) is 1.62. The standard InChI is InChI=1S/C14H12F3NS/c1-10-7-12(14(15,16)17)13(8-18-10)19-9-11-5-3-2-4-6-11/h2-8H,9H2,1H3. The van der Waals surface area contributed by atoms with E-state index in [4.69, 9.17) is 0 Å². The average Bonchev–Trinajstić information content (AvgIpc) is 2.37. The van der Waals surface area contributed by atoms with Gasteiger partial charge in [-0.3, -0.25) is 4.98 Å². The highest BCUT2D eigenvalue weighted by atomic mass is 32.2. The van der Waals surface area contributed by atoms with Gasteiger partial charge in [0, 0.05) is 22.5 Å². The molecule has 0 aliphatic carbocycles. The van der Waals surface area contributed by atoms with Crippen LogP contribution in [-0.2, 0) is 11.9 Å². The summed E-state index contributed by atoms with van der Waals surface area (Å²) in [6.45, 7) is 1.56. The molecule has 0 N–H and O–H groups in total. The van der Waals surface area contributed by atoms with Crippen molar-refractivity contribution in [3.8, 4) is 0 Å². The van der Waals surface area contributed by atoms with Gasteiger partial charge in [-0.1, -0.05) is 30.3 Å². The van der Waals surface area contributed by atoms with Gasteiger partial charge in [0.05, 0.1) is 5.56 Å². The number of alkyl halides is 3. The van der Waals surface area contributed by atoms with E-state index in [0.29, 0.717) is 11.4 Å². The molecular weight excluding hydrogens is 271 g/mol. The molecule has 5 heteroatoms. The van der Waals surface area contributed by atoms with Crippen LogP contribution in [0.25, 0.3) is 0 Å². The highest BCUT2D eigenvalue weighted by Gasteiger charge is 2.33. The third-order valence-corrected chi connectivity index (χ3v) is 3.66. The third kappa shape index (κ3) is 3.73. The smallest absolute Gasteiger partial charge is 0.260 e. The molecule has 1 nitrogen and oxygen atoms in total. The maximum Gasteiger partial charge on any atom is 0.417 e. The normalized spacial score (nSPS) is 11.6. The largest absolute Gasteiger partial charge is 0.417 e. The summed E-state index contributed by atoms with van der Waals surface area (Å²) < 4.78 is 38.7. The van der Waals surface area contributed by atoms with Crippen LogP contribution in [-0.4, -0.2) is 4.98 Å². The lowest BCUT2D eigenvalue weighted by Gasteiger charge is -2.12. The van der Waals surface area contributed by atoms with Crippen LogP contribution in [0.5, 0.6) is 0 Å². The van der Waals surface area contributed by atoms with Crippen LogP contribution in [0.2, 0.25) is 0 Å². The Kier molecular flexibility index (Phi) is 4.14. The van der Waals surface area contributed by atoms with Gasteiger partial charge in [-0.2, -0.15) is 13.2 Å². The summed E-state index contributed by atoms with van der Waals surface area (Å²) in [5, 5.41) is 0. The maximum absolute atomic E-state index is 12.9. The first-order valence-electron chi connectivity index (χ1n) is 5.67. The molecule has 0 unspecified atom stereocenters. The second-order valence-corrected chi connectivity index (χ2v) is 5.11. The highest BCUT2D eigenvalue weighted by molar-refractivity contribution is 7.98. The van der Waals surface area contributed by atoms with Gasteiger partial charge in [-0.15, -0.1) is 11.8 Å². The van der Waals surface area contributed by atoms with Crippen molar-refractivity contribution in [3.05, 3.63) is 59.4 Å². The van der Waals surface area contributed by atoms with E-state index in [-0.39, 0.29) is 4.90 Å². The van der Waals surface area contributed by atoms with E-state index in [1.165, 1.54) is 6.20 Å². The van der Waals surface area contributed by atoms with Gasteiger partial charge in [-0.25, -0.2) is 0 Å². The van der Waals surface area contributed by atoms with Gasteiger partial charge in [0.1, 0.15) is 0 Å². The minimum atomic E-state index is -4.34. The number of thioether (sulfide) groups is 1. The maximum atomic E-state index is 12.9. The molecule has 0 aliphatic rings. The molecule has 0 bridgehead atoms. The zero-order valence-electron chi connectivity index (χ0n) is 10.2. The Morgan fingerprint density at radius 1 is 1.16 bits per heavy atom. The molecule has 0 atom stereocenters. The zero-order valence-corrected chi connectivity index (χ0v) is 11.1. The monoisotopic (exact) mass is 283 g/mol. The van der Waals surface area contributed by atoms with Crippen molar-refractivity contribution >= 4 is 11.8 Å². The predicted molar refractivity (Wildman–Crippen MR) is 70.0 cm³/mol. The summed E-state index contributed by atoms with van der Waals surface area (Å²) in [7, 11) is 0. The summed E-state index contributed by atoms with van der Waals surface area (Å²) in [6.07, 6.45) is -3.04. The van der Waals surface area contributed by atoms with Gasteiger partial charge in [0.2, 0.25) is 0 Å². The topological polar surface area (TPSA) is 12.9 Å². The van der Waals surface area contributed by atoms with Crippen molar-refractivity contribution < 1.29 is 13.2 Å². The number of aromatic nitrogens is 1. The van der Waals surface area contributed by atoms with E-state index in [0.717, 1.165) is 23.4 Å². The van der Waals surface area contributed by atoms with Crippen LogP contribution < -0.4 is 0 Å². The average molecular weight is 283 g/mol. The number of hydrogen-bond donors (Lipinski definition) is 0. The highest BCUT2D eigenvalue weighted by Crippen LogP contribution is 2.37. The molecule has 100 valence electrons. The molecule has 1 aromatic carbocycles. The molecule has 2 rings (SSSR count). The zero-order chi connectivity index (χ0) is 13.9. The van der Waals surface area contributed by atoms with Crippen LogP contribution in [0.4, 0.5) is 13.2 Å². The van der Waals surface area contributed by atoms with Crippen molar-refractivity contribution in [1.82, 2.24) is 4.98 Å².